The molecule has 0 saturated heterocycles. The third-order valence-corrected chi connectivity index (χ3v) is 3.85. The zero-order valence-electron chi connectivity index (χ0n) is 10.8. The van der Waals surface area contributed by atoms with Crippen LogP contribution in [0.15, 0.2) is 18.2 Å². The molecule has 0 spiro atoms. The van der Waals surface area contributed by atoms with E-state index in [0.717, 1.165) is 17.5 Å². The second-order valence-corrected chi connectivity index (χ2v) is 4.87. The summed E-state index contributed by atoms with van der Waals surface area (Å²) in [6.45, 7) is 2.06. The lowest BCUT2D eigenvalue weighted by Gasteiger charge is -2.22. The number of hydrogen-bond donors (Lipinski definition) is 2. The minimum atomic E-state index is -0.807. The fourth-order valence-corrected chi connectivity index (χ4v) is 2.34. The van der Waals surface area contributed by atoms with Crippen LogP contribution in [0.4, 0.5) is 0 Å². The van der Waals surface area contributed by atoms with Crippen molar-refractivity contribution in [2.24, 2.45) is 11.1 Å². The Kier molecular flexibility index (Phi) is 3.30. The molecule has 3 N–H and O–H groups in total. The molecule has 0 aliphatic heterocycles. The van der Waals surface area contributed by atoms with E-state index >= 15 is 0 Å². The fraction of sp³-hybridized carbons (Fsp3) is 0.500. The van der Waals surface area contributed by atoms with Gasteiger partial charge in [0.1, 0.15) is 5.75 Å². The van der Waals surface area contributed by atoms with Crippen LogP contribution in [0.25, 0.3) is 0 Å². The number of ether oxygens (including phenoxy) is 1. The van der Waals surface area contributed by atoms with Crippen LogP contribution in [0.3, 0.4) is 0 Å². The van der Waals surface area contributed by atoms with Gasteiger partial charge in [-0.2, -0.15) is 0 Å². The van der Waals surface area contributed by atoms with Crippen molar-refractivity contribution in [2.45, 2.75) is 32.2 Å². The molecule has 4 nitrogen and oxygen atoms in total. The smallest absolute Gasteiger partial charge is 0.311 e. The van der Waals surface area contributed by atoms with E-state index in [0.29, 0.717) is 18.6 Å². The maximum atomic E-state index is 11.3. The van der Waals surface area contributed by atoms with Crippen LogP contribution in [0.5, 0.6) is 5.75 Å². The molecule has 1 unspecified atom stereocenters. The summed E-state index contributed by atoms with van der Waals surface area (Å²) in [5.74, 6) is -0.133. The first-order valence-electron chi connectivity index (χ1n) is 6.21. The molecule has 0 bridgehead atoms. The second kappa shape index (κ2) is 4.61. The number of aliphatic carboxylic acids is 1. The third kappa shape index (κ3) is 1.97. The highest BCUT2D eigenvalue weighted by Crippen LogP contribution is 2.55. The van der Waals surface area contributed by atoms with Crippen molar-refractivity contribution in [3.63, 3.8) is 0 Å². The molecular formula is C14H19NO3. The average Bonchev–Trinajstić information content (AvgIpc) is 3.18. The largest absolute Gasteiger partial charge is 0.496 e. The predicted octanol–water partition coefficient (Wildman–Crippen LogP) is 2.12. The minimum absolute atomic E-state index is 0.503. The van der Waals surface area contributed by atoms with Gasteiger partial charge in [-0.05, 0) is 30.9 Å². The lowest BCUT2D eigenvalue weighted by Crippen LogP contribution is -2.30. The first kappa shape index (κ1) is 12.9. The molecule has 1 atom stereocenters. The summed E-state index contributed by atoms with van der Waals surface area (Å²) in [6, 6.07) is 5.31. The van der Waals surface area contributed by atoms with Crippen molar-refractivity contribution in [1.29, 1.82) is 0 Å². The standard InChI is InChI=1S/C14H19NO3/c1-3-9-4-5-11(18-2)10(8-9)12(15)14(6-7-14)13(16)17/h4-5,8,12H,3,6-7,15H2,1-2H3,(H,16,17). The zero-order chi connectivity index (χ0) is 13.3. The number of benzene rings is 1. The van der Waals surface area contributed by atoms with Gasteiger partial charge in [-0.15, -0.1) is 0 Å². The third-order valence-electron chi connectivity index (χ3n) is 3.85. The molecule has 1 aromatic rings. The van der Waals surface area contributed by atoms with E-state index in [1.165, 1.54) is 0 Å². The molecule has 1 aromatic carbocycles. The summed E-state index contributed by atoms with van der Waals surface area (Å²) >= 11 is 0. The van der Waals surface area contributed by atoms with Crippen molar-refractivity contribution >= 4 is 5.97 Å². The van der Waals surface area contributed by atoms with Gasteiger partial charge in [-0.25, -0.2) is 0 Å². The molecular weight excluding hydrogens is 230 g/mol. The van der Waals surface area contributed by atoms with Crippen LogP contribution in [-0.4, -0.2) is 18.2 Å². The molecule has 18 heavy (non-hydrogen) atoms. The van der Waals surface area contributed by atoms with Crippen LogP contribution < -0.4 is 10.5 Å². The maximum Gasteiger partial charge on any atom is 0.311 e. The van der Waals surface area contributed by atoms with E-state index in [-0.39, 0.29) is 0 Å². The Hall–Kier alpha value is -1.55. The minimum Gasteiger partial charge on any atom is -0.496 e. The van der Waals surface area contributed by atoms with Crippen molar-refractivity contribution < 1.29 is 14.6 Å². The zero-order valence-corrected chi connectivity index (χ0v) is 10.8. The van der Waals surface area contributed by atoms with E-state index < -0.39 is 17.4 Å². The van der Waals surface area contributed by atoms with E-state index in [9.17, 15) is 9.90 Å². The first-order valence-corrected chi connectivity index (χ1v) is 6.21. The monoisotopic (exact) mass is 249 g/mol. The van der Waals surface area contributed by atoms with Gasteiger partial charge in [0.2, 0.25) is 0 Å². The molecule has 1 aliphatic rings. The Morgan fingerprint density at radius 1 is 1.56 bits per heavy atom. The average molecular weight is 249 g/mol. The quantitative estimate of drug-likeness (QED) is 0.838. The van der Waals surface area contributed by atoms with Gasteiger partial charge >= 0.3 is 5.97 Å². The van der Waals surface area contributed by atoms with Gasteiger partial charge in [0.15, 0.2) is 0 Å². The number of carboxylic acids is 1. The Bertz CT molecular complexity index is 466. The predicted molar refractivity (Wildman–Crippen MR) is 68.6 cm³/mol. The summed E-state index contributed by atoms with van der Waals surface area (Å²) in [5.41, 5.74) is 7.33. The highest BCUT2D eigenvalue weighted by atomic mass is 16.5. The molecule has 0 heterocycles. The van der Waals surface area contributed by atoms with Gasteiger partial charge in [0.25, 0.3) is 0 Å². The van der Waals surface area contributed by atoms with Crippen LogP contribution in [0.2, 0.25) is 0 Å². The molecule has 0 aromatic heterocycles. The molecule has 1 saturated carbocycles. The summed E-state index contributed by atoms with van der Waals surface area (Å²) < 4.78 is 5.30. The normalized spacial score (nSPS) is 18.2. The highest BCUT2D eigenvalue weighted by molar-refractivity contribution is 5.79. The van der Waals surface area contributed by atoms with Crippen LogP contribution >= 0.6 is 0 Å². The lowest BCUT2D eigenvalue weighted by molar-refractivity contribution is -0.144. The number of rotatable bonds is 5. The van der Waals surface area contributed by atoms with Crippen LogP contribution in [0.1, 0.15) is 36.9 Å². The SMILES string of the molecule is CCc1ccc(OC)c(C(N)C2(C(=O)O)CC2)c1. The van der Waals surface area contributed by atoms with Crippen LogP contribution in [-0.2, 0) is 11.2 Å². The van der Waals surface area contributed by atoms with Gasteiger partial charge in [0, 0.05) is 11.6 Å². The number of methoxy groups -OCH3 is 1. The molecule has 0 radical (unpaired) electrons. The fourth-order valence-electron chi connectivity index (χ4n) is 2.34. The van der Waals surface area contributed by atoms with Gasteiger partial charge in [-0.3, -0.25) is 4.79 Å². The Morgan fingerprint density at radius 2 is 2.22 bits per heavy atom. The van der Waals surface area contributed by atoms with Crippen molar-refractivity contribution in [3.05, 3.63) is 29.3 Å². The topological polar surface area (TPSA) is 72.5 Å². The van der Waals surface area contributed by atoms with Gasteiger partial charge in [-0.1, -0.05) is 19.1 Å². The Morgan fingerprint density at radius 3 is 2.67 bits per heavy atom. The number of nitrogens with two attached hydrogens (primary N) is 1. The van der Waals surface area contributed by atoms with E-state index in [1.807, 2.05) is 18.2 Å². The summed E-state index contributed by atoms with van der Waals surface area (Å²) in [6.07, 6.45) is 2.18. The Balaban J connectivity index is 2.40. The van der Waals surface area contributed by atoms with Crippen molar-refractivity contribution in [1.82, 2.24) is 0 Å². The second-order valence-electron chi connectivity index (χ2n) is 4.87. The summed E-state index contributed by atoms with van der Waals surface area (Å²) in [7, 11) is 1.58. The van der Waals surface area contributed by atoms with Crippen LogP contribution in [0, 0.1) is 5.41 Å². The van der Waals surface area contributed by atoms with E-state index in [2.05, 4.69) is 6.92 Å². The van der Waals surface area contributed by atoms with Gasteiger partial charge < -0.3 is 15.6 Å². The number of carbonyl (C=O) groups is 1. The molecule has 98 valence electrons. The summed E-state index contributed by atoms with van der Waals surface area (Å²) in [5, 5.41) is 9.30. The van der Waals surface area contributed by atoms with Crippen molar-refractivity contribution in [2.75, 3.05) is 7.11 Å². The van der Waals surface area contributed by atoms with E-state index in [1.54, 1.807) is 7.11 Å². The highest BCUT2D eigenvalue weighted by Gasteiger charge is 2.55. The molecule has 0 amide bonds. The number of hydrogen-bond acceptors (Lipinski definition) is 3. The lowest BCUT2D eigenvalue weighted by atomic mass is 9.89. The van der Waals surface area contributed by atoms with Crippen molar-refractivity contribution in [3.8, 4) is 5.75 Å². The molecule has 4 heteroatoms. The molecule has 1 fully saturated rings. The number of carboxylic acid groups (broad SMARTS) is 1. The first-order chi connectivity index (χ1) is 8.55. The van der Waals surface area contributed by atoms with Gasteiger partial charge in [0.05, 0.1) is 12.5 Å². The maximum absolute atomic E-state index is 11.3. The summed E-state index contributed by atoms with van der Waals surface area (Å²) in [4.78, 5) is 11.3. The van der Waals surface area contributed by atoms with E-state index in [4.69, 9.17) is 10.5 Å². The Labute approximate surface area is 107 Å². The molecule has 2 rings (SSSR count). The molecule has 1 aliphatic carbocycles. The number of aryl methyl sites for hydroxylation is 1.